The normalized spacial score (nSPS) is 11.3. The predicted molar refractivity (Wildman–Crippen MR) is 122 cm³/mol. The van der Waals surface area contributed by atoms with Crippen LogP contribution >= 0.6 is 0 Å². The quantitative estimate of drug-likeness (QED) is 0.528. The zero-order chi connectivity index (χ0) is 22.6. The molecule has 3 rings (SSSR count). The molecule has 0 aliphatic carbocycles. The maximum atomic E-state index is 13.5. The van der Waals surface area contributed by atoms with Gasteiger partial charge in [0.1, 0.15) is 11.6 Å². The molecule has 2 aromatic carbocycles. The zero-order valence-corrected chi connectivity index (χ0v) is 18.8. The molecule has 7 nitrogen and oxygen atoms in total. The van der Waals surface area contributed by atoms with E-state index in [1.54, 1.807) is 31.2 Å². The highest BCUT2D eigenvalue weighted by Crippen LogP contribution is 2.23. The summed E-state index contributed by atoms with van der Waals surface area (Å²) in [6, 6.07) is 12.3. The number of rotatable bonds is 8. The van der Waals surface area contributed by atoms with E-state index in [-0.39, 0.29) is 4.90 Å². The highest BCUT2D eigenvalue weighted by Gasteiger charge is 2.18. The van der Waals surface area contributed by atoms with E-state index in [9.17, 15) is 12.8 Å². The second-order valence-electron chi connectivity index (χ2n) is 7.08. The zero-order valence-electron chi connectivity index (χ0n) is 18.0. The minimum Gasteiger partial charge on any atom is -0.357 e. The van der Waals surface area contributed by atoms with Gasteiger partial charge in [-0.25, -0.2) is 17.8 Å². The largest absolute Gasteiger partial charge is 0.357 e. The minimum absolute atomic E-state index is 0.0909. The number of hydrogen-bond acceptors (Lipinski definition) is 6. The van der Waals surface area contributed by atoms with Crippen molar-refractivity contribution in [2.24, 2.45) is 0 Å². The lowest BCUT2D eigenvalue weighted by Crippen LogP contribution is -2.23. The van der Waals surface area contributed by atoms with Crippen molar-refractivity contribution in [3.8, 4) is 0 Å². The number of nitrogens with zero attached hydrogens (tertiary/aromatic N) is 3. The summed E-state index contributed by atoms with van der Waals surface area (Å²) in [7, 11) is -3.91. The summed E-state index contributed by atoms with van der Waals surface area (Å²) in [5, 5.41) is 3.15. The van der Waals surface area contributed by atoms with Gasteiger partial charge < -0.3 is 10.2 Å². The van der Waals surface area contributed by atoms with Crippen molar-refractivity contribution in [3.05, 3.63) is 65.6 Å². The van der Waals surface area contributed by atoms with Crippen LogP contribution in [0.2, 0.25) is 0 Å². The lowest BCUT2D eigenvalue weighted by Gasteiger charge is -2.20. The molecule has 2 N–H and O–H groups in total. The summed E-state index contributed by atoms with van der Waals surface area (Å²) in [4.78, 5) is 11.0. The van der Waals surface area contributed by atoms with Crippen molar-refractivity contribution >= 4 is 33.2 Å². The maximum absolute atomic E-state index is 13.5. The lowest BCUT2D eigenvalue weighted by molar-refractivity contribution is 0.594. The molecule has 31 heavy (non-hydrogen) atoms. The Labute approximate surface area is 182 Å². The van der Waals surface area contributed by atoms with Crippen LogP contribution in [0, 0.1) is 19.7 Å². The molecular formula is C22H26FN5O2S. The van der Waals surface area contributed by atoms with Gasteiger partial charge in [-0.15, -0.1) is 0 Å². The van der Waals surface area contributed by atoms with Gasteiger partial charge in [0.2, 0.25) is 5.95 Å². The van der Waals surface area contributed by atoms with Gasteiger partial charge in [-0.2, -0.15) is 4.98 Å². The van der Waals surface area contributed by atoms with Crippen LogP contribution in [0.4, 0.5) is 27.5 Å². The van der Waals surface area contributed by atoms with Crippen LogP contribution in [-0.4, -0.2) is 31.5 Å². The first-order valence-corrected chi connectivity index (χ1v) is 11.5. The van der Waals surface area contributed by atoms with Gasteiger partial charge in [0.05, 0.1) is 4.90 Å². The average Bonchev–Trinajstić information content (AvgIpc) is 2.71. The molecule has 0 aliphatic rings. The van der Waals surface area contributed by atoms with Crippen molar-refractivity contribution in [1.82, 2.24) is 9.97 Å². The molecular weight excluding hydrogens is 417 g/mol. The Morgan fingerprint density at radius 1 is 0.935 bits per heavy atom. The second kappa shape index (κ2) is 9.30. The Morgan fingerprint density at radius 3 is 2.23 bits per heavy atom. The summed E-state index contributed by atoms with van der Waals surface area (Å²) in [5.41, 5.74) is 2.38. The third kappa shape index (κ3) is 5.49. The van der Waals surface area contributed by atoms with E-state index in [1.165, 1.54) is 12.1 Å². The van der Waals surface area contributed by atoms with E-state index in [0.717, 1.165) is 30.7 Å². The number of sulfonamides is 1. The fourth-order valence-corrected chi connectivity index (χ4v) is 4.46. The number of nitrogens with one attached hydrogen (secondary N) is 2. The molecule has 0 amide bonds. The predicted octanol–water partition coefficient (Wildman–Crippen LogP) is 4.62. The summed E-state index contributed by atoms with van der Waals surface area (Å²) in [6.07, 6.45) is 0. The number of aromatic nitrogens is 2. The van der Waals surface area contributed by atoms with Crippen molar-refractivity contribution < 1.29 is 12.8 Å². The first-order valence-electron chi connectivity index (χ1n) is 9.98. The molecule has 0 saturated carbocycles. The Morgan fingerprint density at radius 2 is 1.58 bits per heavy atom. The van der Waals surface area contributed by atoms with E-state index in [2.05, 4.69) is 38.8 Å². The SMILES string of the molecule is CCN(CC)c1cc(C)nc(Nc2ccc(NS(=O)(=O)c3cc(F)ccc3C)cc2)n1. The number of benzene rings is 2. The van der Waals surface area contributed by atoms with E-state index >= 15 is 0 Å². The van der Waals surface area contributed by atoms with E-state index in [4.69, 9.17) is 0 Å². The summed E-state index contributed by atoms with van der Waals surface area (Å²) < 4.78 is 41.3. The molecule has 164 valence electrons. The molecule has 0 spiro atoms. The van der Waals surface area contributed by atoms with Crippen LogP contribution in [-0.2, 0) is 10.0 Å². The van der Waals surface area contributed by atoms with Crippen LogP contribution in [0.5, 0.6) is 0 Å². The number of halogens is 1. The Balaban J connectivity index is 1.77. The van der Waals surface area contributed by atoms with Gasteiger partial charge in [-0.1, -0.05) is 6.07 Å². The van der Waals surface area contributed by atoms with Gasteiger partial charge in [0.25, 0.3) is 10.0 Å². The smallest absolute Gasteiger partial charge is 0.262 e. The molecule has 0 atom stereocenters. The van der Waals surface area contributed by atoms with Gasteiger partial charge in [0.15, 0.2) is 0 Å². The third-order valence-corrected chi connectivity index (χ3v) is 6.28. The van der Waals surface area contributed by atoms with Crippen molar-refractivity contribution in [2.75, 3.05) is 28.0 Å². The molecule has 3 aromatic rings. The number of anilines is 4. The first-order chi connectivity index (χ1) is 14.7. The average molecular weight is 444 g/mol. The maximum Gasteiger partial charge on any atom is 0.262 e. The first kappa shape index (κ1) is 22.5. The molecule has 9 heteroatoms. The van der Waals surface area contributed by atoms with Crippen molar-refractivity contribution in [1.29, 1.82) is 0 Å². The summed E-state index contributed by atoms with van der Waals surface area (Å²) in [6.45, 7) is 9.35. The second-order valence-corrected chi connectivity index (χ2v) is 8.73. The third-order valence-electron chi connectivity index (χ3n) is 4.76. The highest BCUT2D eigenvalue weighted by molar-refractivity contribution is 7.92. The molecule has 0 unspecified atom stereocenters. The summed E-state index contributed by atoms with van der Waals surface area (Å²) >= 11 is 0. The van der Waals surface area contributed by atoms with Gasteiger partial charge in [-0.05, 0) is 69.7 Å². The Bertz CT molecular complexity index is 1160. The highest BCUT2D eigenvalue weighted by atomic mass is 32.2. The fraction of sp³-hybridized carbons (Fsp3) is 0.273. The number of hydrogen-bond donors (Lipinski definition) is 2. The molecule has 0 fully saturated rings. The van der Waals surface area contributed by atoms with Crippen LogP contribution in [0.3, 0.4) is 0 Å². The van der Waals surface area contributed by atoms with Gasteiger partial charge in [-0.3, -0.25) is 4.72 Å². The summed E-state index contributed by atoms with van der Waals surface area (Å²) in [5.74, 6) is 0.702. The van der Waals surface area contributed by atoms with Crippen molar-refractivity contribution in [3.63, 3.8) is 0 Å². The van der Waals surface area contributed by atoms with Gasteiger partial charge >= 0.3 is 0 Å². The van der Waals surface area contributed by atoms with Crippen LogP contribution < -0.4 is 14.9 Å². The minimum atomic E-state index is -3.91. The molecule has 0 radical (unpaired) electrons. The molecule has 1 heterocycles. The topological polar surface area (TPSA) is 87.2 Å². The van der Waals surface area contributed by atoms with E-state index in [1.807, 2.05) is 13.0 Å². The fourth-order valence-electron chi connectivity index (χ4n) is 3.14. The number of aryl methyl sites for hydroxylation is 2. The van der Waals surface area contributed by atoms with E-state index in [0.29, 0.717) is 22.9 Å². The van der Waals surface area contributed by atoms with E-state index < -0.39 is 15.8 Å². The molecule has 0 bridgehead atoms. The van der Waals surface area contributed by atoms with Gasteiger partial charge in [0, 0.05) is 36.2 Å². The molecule has 1 aromatic heterocycles. The van der Waals surface area contributed by atoms with Crippen LogP contribution in [0.15, 0.2) is 53.4 Å². The van der Waals surface area contributed by atoms with Crippen LogP contribution in [0.25, 0.3) is 0 Å². The Kier molecular flexibility index (Phi) is 6.74. The lowest BCUT2D eigenvalue weighted by atomic mass is 10.2. The molecule has 0 aliphatic heterocycles. The Hall–Kier alpha value is -3.20. The molecule has 0 saturated heterocycles. The van der Waals surface area contributed by atoms with Crippen molar-refractivity contribution in [2.45, 2.75) is 32.6 Å². The standard InChI is InChI=1S/C22H26FN5O2S/c1-5-28(6-2)21-13-16(4)24-22(26-21)25-18-9-11-19(12-10-18)27-31(29,30)20-14-17(23)8-7-15(20)3/h7-14,27H,5-6H2,1-4H3,(H,24,25,26). The monoisotopic (exact) mass is 443 g/mol. The van der Waals surface area contributed by atoms with Crippen LogP contribution in [0.1, 0.15) is 25.1 Å².